The molecule has 2 aromatic carbocycles. The zero-order chi connectivity index (χ0) is 25.6. The molecule has 194 valence electrons. The Morgan fingerprint density at radius 3 is 2.71 bits per heavy atom. The van der Waals surface area contributed by atoms with Crippen LogP contribution in [0.2, 0.25) is 0 Å². The van der Waals surface area contributed by atoms with Gasteiger partial charge in [0, 0.05) is 34.8 Å². The first-order chi connectivity index (χ1) is 18.6. The van der Waals surface area contributed by atoms with Gasteiger partial charge in [-0.3, -0.25) is 14.8 Å². The van der Waals surface area contributed by atoms with Crippen molar-refractivity contribution in [2.75, 3.05) is 19.7 Å². The first-order valence-electron chi connectivity index (χ1n) is 13.9. The predicted molar refractivity (Wildman–Crippen MR) is 148 cm³/mol. The van der Waals surface area contributed by atoms with Gasteiger partial charge in [0.2, 0.25) is 0 Å². The number of nitrogens with one attached hydrogen (secondary N) is 2. The third-order valence-electron chi connectivity index (χ3n) is 8.67. The molecule has 7 rings (SSSR count). The molecule has 0 saturated carbocycles. The van der Waals surface area contributed by atoms with Crippen molar-refractivity contribution in [1.29, 1.82) is 0 Å². The molecule has 3 aliphatic rings. The highest BCUT2D eigenvalue weighted by Gasteiger charge is 2.29. The summed E-state index contributed by atoms with van der Waals surface area (Å²) in [5.41, 5.74) is 8.25. The molecule has 7 nitrogen and oxygen atoms in total. The monoisotopic (exact) mass is 507 g/mol. The van der Waals surface area contributed by atoms with E-state index in [1.165, 1.54) is 48.9 Å². The highest BCUT2D eigenvalue weighted by molar-refractivity contribution is 5.99. The van der Waals surface area contributed by atoms with Crippen molar-refractivity contribution in [2.45, 2.75) is 57.5 Å². The number of carbonyl (C=O) groups is 1. The number of fused-ring (bicyclic) bond motifs is 3. The summed E-state index contributed by atoms with van der Waals surface area (Å²) in [6.07, 6.45) is 9.40. The normalized spacial score (nSPS) is 21.8. The number of aromatic nitrogens is 3. The quantitative estimate of drug-likeness (QED) is 0.375. The molecule has 38 heavy (non-hydrogen) atoms. The minimum atomic E-state index is -0.107. The van der Waals surface area contributed by atoms with Crippen LogP contribution >= 0.6 is 0 Å². The van der Waals surface area contributed by atoms with Crippen LogP contribution in [-0.4, -0.2) is 57.8 Å². The highest BCUT2D eigenvalue weighted by atomic mass is 16.5. The Labute approximate surface area is 222 Å². The lowest BCUT2D eigenvalue weighted by atomic mass is 9.96. The molecule has 2 N–H and O–H groups in total. The Kier molecular flexibility index (Phi) is 5.88. The van der Waals surface area contributed by atoms with E-state index in [9.17, 15) is 4.79 Å². The number of H-pyrrole nitrogens is 1. The molecule has 4 heterocycles. The zero-order valence-electron chi connectivity index (χ0n) is 21.8. The largest absolute Gasteiger partial charge is 0.491 e. The van der Waals surface area contributed by atoms with Crippen LogP contribution in [0.3, 0.4) is 0 Å². The van der Waals surface area contributed by atoms with E-state index in [4.69, 9.17) is 9.72 Å². The van der Waals surface area contributed by atoms with Crippen molar-refractivity contribution in [3.63, 3.8) is 0 Å². The summed E-state index contributed by atoms with van der Waals surface area (Å²) in [4.78, 5) is 19.8. The van der Waals surface area contributed by atoms with Gasteiger partial charge in [0.05, 0.1) is 12.1 Å². The molecular formula is C31H33N5O2. The van der Waals surface area contributed by atoms with E-state index in [1.54, 1.807) is 0 Å². The molecule has 0 radical (unpaired) electrons. The van der Waals surface area contributed by atoms with Gasteiger partial charge in [-0.05, 0) is 86.9 Å². The predicted octanol–water partition coefficient (Wildman–Crippen LogP) is 5.15. The molecule has 1 fully saturated rings. The topological polar surface area (TPSA) is 83.1 Å². The fraction of sp³-hybridized carbons (Fsp3) is 0.387. The maximum atomic E-state index is 12.3. The van der Waals surface area contributed by atoms with Gasteiger partial charge in [-0.1, -0.05) is 24.3 Å². The average Bonchev–Trinajstić information content (AvgIpc) is 3.44. The summed E-state index contributed by atoms with van der Waals surface area (Å²) >= 11 is 0. The number of amides is 1. The van der Waals surface area contributed by atoms with Crippen molar-refractivity contribution in [2.24, 2.45) is 0 Å². The van der Waals surface area contributed by atoms with Crippen LogP contribution in [0.1, 0.15) is 54.1 Å². The van der Waals surface area contributed by atoms with Gasteiger partial charge in [-0.2, -0.15) is 5.10 Å². The lowest BCUT2D eigenvalue weighted by Gasteiger charge is -2.30. The number of benzene rings is 2. The molecule has 7 heteroatoms. The second kappa shape index (κ2) is 9.55. The minimum Gasteiger partial charge on any atom is -0.491 e. The molecule has 1 saturated heterocycles. The number of aryl methyl sites for hydroxylation is 2. The molecule has 4 aromatic rings. The van der Waals surface area contributed by atoms with Crippen LogP contribution in [0.4, 0.5) is 0 Å². The molecule has 2 aliphatic heterocycles. The number of rotatable bonds is 3. The summed E-state index contributed by atoms with van der Waals surface area (Å²) < 4.78 is 5.83. The minimum absolute atomic E-state index is 0.107. The molecule has 2 atom stereocenters. The number of nitrogens with zero attached hydrogens (tertiary/aromatic N) is 3. The maximum absolute atomic E-state index is 12.3. The SMILES string of the molecule is C[C@@H]1CCCN1C1CCc2ccc(-c3cnc4[nH]nc(-c5ccc6c(c5)OCCNC6=O)c4c3)cc2CC1. The van der Waals surface area contributed by atoms with Gasteiger partial charge < -0.3 is 10.1 Å². The fourth-order valence-electron chi connectivity index (χ4n) is 6.58. The van der Waals surface area contributed by atoms with Crippen molar-refractivity contribution in [1.82, 2.24) is 25.4 Å². The Hall–Kier alpha value is -3.71. The third-order valence-corrected chi connectivity index (χ3v) is 8.67. The lowest BCUT2D eigenvalue weighted by Crippen LogP contribution is -2.37. The molecule has 0 bridgehead atoms. The van der Waals surface area contributed by atoms with E-state index >= 15 is 0 Å². The van der Waals surface area contributed by atoms with Crippen molar-refractivity contribution < 1.29 is 9.53 Å². The Bertz CT molecular complexity index is 1530. The molecular weight excluding hydrogens is 474 g/mol. The van der Waals surface area contributed by atoms with Gasteiger partial charge in [0.1, 0.15) is 18.1 Å². The third kappa shape index (κ3) is 4.15. The number of hydrogen-bond donors (Lipinski definition) is 2. The van der Waals surface area contributed by atoms with E-state index in [2.05, 4.69) is 51.6 Å². The average molecular weight is 508 g/mol. The van der Waals surface area contributed by atoms with Crippen LogP contribution in [0, 0.1) is 0 Å². The maximum Gasteiger partial charge on any atom is 0.255 e. The van der Waals surface area contributed by atoms with Crippen LogP contribution in [0.25, 0.3) is 33.4 Å². The van der Waals surface area contributed by atoms with E-state index < -0.39 is 0 Å². The first kappa shape index (κ1) is 23.4. The van der Waals surface area contributed by atoms with E-state index in [0.717, 1.165) is 46.7 Å². The zero-order valence-corrected chi connectivity index (χ0v) is 21.8. The Morgan fingerprint density at radius 1 is 0.974 bits per heavy atom. The number of pyridine rings is 1. The number of likely N-dealkylation sites (tertiary alicyclic amines) is 1. The van der Waals surface area contributed by atoms with E-state index in [1.807, 2.05) is 24.4 Å². The molecule has 1 unspecified atom stereocenters. The number of ether oxygens (including phenoxy) is 1. The van der Waals surface area contributed by atoms with E-state index in [-0.39, 0.29) is 5.91 Å². The molecule has 1 amide bonds. The molecule has 0 spiro atoms. The van der Waals surface area contributed by atoms with Gasteiger partial charge in [0.15, 0.2) is 5.65 Å². The fourth-order valence-corrected chi connectivity index (χ4v) is 6.58. The standard InChI is InChI=1S/C31H33N5O2/c1-19-3-2-13-36(19)25-9-6-20-4-5-22(15-21(20)7-10-25)24-16-27-29(34-35-30(27)33-18-24)23-8-11-26-28(17-23)38-14-12-32-31(26)37/h4-5,8,11,15-19,25H,2-3,6-7,9-10,12-14H2,1H3,(H,32,37)(H,33,34,35)/t19-,25?/m1/s1. The second-order valence-electron chi connectivity index (χ2n) is 11.0. The molecule has 2 aromatic heterocycles. The summed E-state index contributed by atoms with van der Waals surface area (Å²) in [7, 11) is 0. The van der Waals surface area contributed by atoms with Crippen molar-refractivity contribution in [3.05, 3.63) is 65.4 Å². The number of carbonyl (C=O) groups excluding carboxylic acids is 1. The van der Waals surface area contributed by atoms with E-state index in [0.29, 0.717) is 30.5 Å². The van der Waals surface area contributed by atoms with Crippen LogP contribution < -0.4 is 10.1 Å². The summed E-state index contributed by atoms with van der Waals surface area (Å²) in [5, 5.41) is 11.5. The summed E-state index contributed by atoms with van der Waals surface area (Å²) in [5.74, 6) is 0.481. The molecule has 1 aliphatic carbocycles. The lowest BCUT2D eigenvalue weighted by molar-refractivity contribution is 0.0957. The van der Waals surface area contributed by atoms with Crippen molar-refractivity contribution >= 4 is 16.9 Å². The van der Waals surface area contributed by atoms with Gasteiger partial charge in [0.25, 0.3) is 5.91 Å². The summed E-state index contributed by atoms with van der Waals surface area (Å²) in [6, 6.07) is 16.2. The van der Waals surface area contributed by atoms with Gasteiger partial charge >= 0.3 is 0 Å². The number of hydrogen-bond acceptors (Lipinski definition) is 5. The highest BCUT2D eigenvalue weighted by Crippen LogP contribution is 2.35. The Morgan fingerprint density at radius 2 is 1.84 bits per heavy atom. The van der Waals surface area contributed by atoms with Crippen LogP contribution in [0.15, 0.2) is 48.7 Å². The van der Waals surface area contributed by atoms with Gasteiger partial charge in [-0.25, -0.2) is 4.98 Å². The van der Waals surface area contributed by atoms with Crippen LogP contribution in [-0.2, 0) is 12.8 Å². The summed E-state index contributed by atoms with van der Waals surface area (Å²) in [6.45, 7) is 4.60. The Balaban J connectivity index is 1.19. The number of aromatic amines is 1. The smallest absolute Gasteiger partial charge is 0.255 e. The first-order valence-corrected chi connectivity index (χ1v) is 13.9. The second-order valence-corrected chi connectivity index (χ2v) is 11.0. The van der Waals surface area contributed by atoms with Crippen LogP contribution in [0.5, 0.6) is 5.75 Å². The van der Waals surface area contributed by atoms with Crippen molar-refractivity contribution in [3.8, 4) is 28.1 Å². The van der Waals surface area contributed by atoms with Gasteiger partial charge in [-0.15, -0.1) is 0 Å².